The minimum atomic E-state index is -0.684. The van der Waals surface area contributed by atoms with Crippen molar-refractivity contribution in [3.8, 4) is 0 Å². The van der Waals surface area contributed by atoms with Crippen LogP contribution in [0.25, 0.3) is 0 Å². The maximum Gasteiger partial charge on any atom is 0.133 e. The number of hydrogen-bond donors (Lipinski definition) is 1. The molecule has 0 saturated heterocycles. The van der Waals surface area contributed by atoms with Gasteiger partial charge in [-0.15, -0.1) is 0 Å². The molecule has 0 bridgehead atoms. The van der Waals surface area contributed by atoms with E-state index in [-0.39, 0.29) is 5.56 Å². The van der Waals surface area contributed by atoms with Crippen LogP contribution in [0.5, 0.6) is 0 Å². The minimum absolute atomic E-state index is 0.0239. The third-order valence-corrected chi connectivity index (χ3v) is 3.43. The van der Waals surface area contributed by atoms with Gasteiger partial charge < -0.3 is 5.73 Å². The number of aryl methyl sites for hydroxylation is 3. The van der Waals surface area contributed by atoms with Crippen molar-refractivity contribution >= 4 is 0 Å². The van der Waals surface area contributed by atoms with Crippen LogP contribution in [0.1, 0.15) is 33.9 Å². The van der Waals surface area contributed by atoms with Gasteiger partial charge in [-0.3, -0.25) is 0 Å². The van der Waals surface area contributed by atoms with Gasteiger partial charge in [-0.1, -0.05) is 35.4 Å². The average Bonchev–Trinajstić information content (AvgIpc) is 2.33. The first kappa shape index (κ1) is 14.7. The van der Waals surface area contributed by atoms with Gasteiger partial charge in [0.2, 0.25) is 0 Å². The highest BCUT2D eigenvalue weighted by Gasteiger charge is 2.18. The lowest BCUT2D eigenvalue weighted by atomic mass is 9.95. The van der Waals surface area contributed by atoms with Crippen LogP contribution in [0.2, 0.25) is 0 Å². The van der Waals surface area contributed by atoms with Crippen LogP contribution in [0.4, 0.5) is 8.78 Å². The minimum Gasteiger partial charge on any atom is -0.323 e. The van der Waals surface area contributed by atoms with Crippen LogP contribution in [0, 0.1) is 32.4 Å². The quantitative estimate of drug-likeness (QED) is 0.895. The predicted molar refractivity (Wildman–Crippen MR) is 77.6 cm³/mol. The Bertz CT molecular complexity index is 615. The molecule has 1 nitrogen and oxygen atoms in total. The summed E-state index contributed by atoms with van der Waals surface area (Å²) < 4.78 is 27.9. The standard InChI is InChI=1S/C17H19F2N/c1-10-6-11(2)8-13(7-10)9-15(20)16-14(18)5-4-12(3)17(16)19/h4-8,15H,9,20H2,1-3H3. The number of nitrogens with two attached hydrogens (primary N) is 1. The van der Waals surface area contributed by atoms with E-state index in [4.69, 9.17) is 5.73 Å². The molecule has 20 heavy (non-hydrogen) atoms. The van der Waals surface area contributed by atoms with Crippen molar-refractivity contribution in [2.45, 2.75) is 33.2 Å². The summed E-state index contributed by atoms with van der Waals surface area (Å²) in [5, 5.41) is 0. The van der Waals surface area contributed by atoms with Gasteiger partial charge in [0.25, 0.3) is 0 Å². The Hall–Kier alpha value is -1.74. The highest BCUT2D eigenvalue weighted by molar-refractivity contribution is 5.33. The first-order chi connectivity index (χ1) is 9.38. The van der Waals surface area contributed by atoms with Crippen molar-refractivity contribution in [1.82, 2.24) is 0 Å². The molecule has 0 amide bonds. The zero-order valence-electron chi connectivity index (χ0n) is 12.0. The fourth-order valence-electron chi connectivity index (χ4n) is 2.56. The summed E-state index contributed by atoms with van der Waals surface area (Å²) in [5.41, 5.74) is 9.65. The molecule has 0 fully saturated rings. The molecule has 0 radical (unpaired) electrons. The van der Waals surface area contributed by atoms with Crippen LogP contribution >= 0.6 is 0 Å². The van der Waals surface area contributed by atoms with Gasteiger partial charge in [0.05, 0.1) is 0 Å². The molecule has 0 aliphatic rings. The molecule has 0 spiro atoms. The lowest BCUT2D eigenvalue weighted by Crippen LogP contribution is -2.17. The highest BCUT2D eigenvalue weighted by Crippen LogP contribution is 2.25. The van der Waals surface area contributed by atoms with Crippen molar-refractivity contribution in [2.75, 3.05) is 0 Å². The van der Waals surface area contributed by atoms with Crippen LogP contribution < -0.4 is 5.73 Å². The van der Waals surface area contributed by atoms with Crippen molar-refractivity contribution in [3.63, 3.8) is 0 Å². The average molecular weight is 275 g/mol. The lowest BCUT2D eigenvalue weighted by molar-refractivity contribution is 0.520. The van der Waals surface area contributed by atoms with Gasteiger partial charge in [-0.2, -0.15) is 0 Å². The van der Waals surface area contributed by atoms with Gasteiger partial charge in [-0.25, -0.2) is 8.78 Å². The predicted octanol–water partition coefficient (Wildman–Crippen LogP) is 4.13. The maximum atomic E-state index is 14.1. The summed E-state index contributed by atoms with van der Waals surface area (Å²) in [5.74, 6) is -1.12. The molecule has 0 heterocycles. The molecule has 2 rings (SSSR count). The largest absolute Gasteiger partial charge is 0.323 e. The van der Waals surface area contributed by atoms with Crippen LogP contribution in [0.15, 0.2) is 30.3 Å². The van der Waals surface area contributed by atoms with Crippen molar-refractivity contribution < 1.29 is 8.78 Å². The van der Waals surface area contributed by atoms with Gasteiger partial charge in [-0.05, 0) is 44.4 Å². The number of halogens is 2. The smallest absolute Gasteiger partial charge is 0.133 e. The van der Waals surface area contributed by atoms with E-state index in [9.17, 15) is 8.78 Å². The fraction of sp³-hybridized carbons (Fsp3) is 0.294. The molecule has 2 N–H and O–H groups in total. The van der Waals surface area contributed by atoms with Gasteiger partial charge in [0.15, 0.2) is 0 Å². The highest BCUT2D eigenvalue weighted by atomic mass is 19.1. The van der Waals surface area contributed by atoms with Gasteiger partial charge >= 0.3 is 0 Å². The van der Waals surface area contributed by atoms with Gasteiger partial charge in [0.1, 0.15) is 11.6 Å². The zero-order chi connectivity index (χ0) is 14.9. The Morgan fingerprint density at radius 3 is 2.20 bits per heavy atom. The summed E-state index contributed by atoms with van der Waals surface area (Å²) in [7, 11) is 0. The Labute approximate surface area is 118 Å². The summed E-state index contributed by atoms with van der Waals surface area (Å²) >= 11 is 0. The fourth-order valence-corrected chi connectivity index (χ4v) is 2.56. The summed E-state index contributed by atoms with van der Waals surface area (Å²) in [4.78, 5) is 0. The maximum absolute atomic E-state index is 14.1. The van der Waals surface area contributed by atoms with Gasteiger partial charge in [0, 0.05) is 11.6 Å². The molecule has 0 aliphatic heterocycles. The second-order valence-corrected chi connectivity index (χ2v) is 5.40. The molecule has 0 saturated carbocycles. The zero-order valence-corrected chi connectivity index (χ0v) is 12.0. The third-order valence-electron chi connectivity index (χ3n) is 3.43. The van der Waals surface area contributed by atoms with Crippen molar-refractivity contribution in [1.29, 1.82) is 0 Å². The second kappa shape index (κ2) is 5.71. The molecule has 0 aliphatic carbocycles. The summed E-state index contributed by atoms with van der Waals surface area (Å²) in [6.07, 6.45) is 0.416. The van der Waals surface area contributed by atoms with E-state index in [1.54, 1.807) is 6.92 Å². The molecule has 2 aromatic carbocycles. The molecule has 1 unspecified atom stereocenters. The number of hydrogen-bond acceptors (Lipinski definition) is 1. The molecule has 1 atom stereocenters. The Balaban J connectivity index is 2.33. The summed E-state index contributed by atoms with van der Waals surface area (Å²) in [6, 6.07) is 8.07. The van der Waals surface area contributed by atoms with E-state index in [0.29, 0.717) is 12.0 Å². The van der Waals surface area contributed by atoms with E-state index in [1.807, 2.05) is 26.0 Å². The molecular formula is C17H19F2N. The van der Waals surface area contributed by atoms with E-state index >= 15 is 0 Å². The summed E-state index contributed by atoms with van der Waals surface area (Å²) in [6.45, 7) is 5.60. The Morgan fingerprint density at radius 1 is 1.00 bits per heavy atom. The topological polar surface area (TPSA) is 26.0 Å². The Morgan fingerprint density at radius 2 is 1.60 bits per heavy atom. The van der Waals surface area contributed by atoms with E-state index < -0.39 is 17.7 Å². The van der Waals surface area contributed by atoms with Crippen LogP contribution in [0.3, 0.4) is 0 Å². The third kappa shape index (κ3) is 3.05. The van der Waals surface area contributed by atoms with Crippen LogP contribution in [-0.2, 0) is 6.42 Å². The molecular weight excluding hydrogens is 256 g/mol. The van der Waals surface area contributed by atoms with E-state index in [1.165, 1.54) is 12.1 Å². The molecule has 106 valence electrons. The number of rotatable bonds is 3. The molecule has 2 aromatic rings. The van der Waals surface area contributed by atoms with Crippen LogP contribution in [-0.4, -0.2) is 0 Å². The second-order valence-electron chi connectivity index (χ2n) is 5.40. The van der Waals surface area contributed by atoms with E-state index in [0.717, 1.165) is 16.7 Å². The molecule has 0 aromatic heterocycles. The first-order valence-electron chi connectivity index (χ1n) is 6.65. The number of benzene rings is 2. The lowest BCUT2D eigenvalue weighted by Gasteiger charge is -2.16. The van der Waals surface area contributed by atoms with Crippen molar-refractivity contribution in [3.05, 3.63) is 69.8 Å². The SMILES string of the molecule is Cc1cc(C)cc(CC(N)c2c(F)ccc(C)c2F)c1. The van der Waals surface area contributed by atoms with Crippen molar-refractivity contribution in [2.24, 2.45) is 5.73 Å². The van der Waals surface area contributed by atoms with E-state index in [2.05, 4.69) is 6.07 Å². The normalized spacial score (nSPS) is 12.5. The first-order valence-corrected chi connectivity index (χ1v) is 6.65. The molecule has 3 heteroatoms. The Kier molecular flexibility index (Phi) is 4.19. The monoisotopic (exact) mass is 275 g/mol.